The summed E-state index contributed by atoms with van der Waals surface area (Å²) in [4.78, 5) is 12.5. The normalized spacial score (nSPS) is 11.7. The summed E-state index contributed by atoms with van der Waals surface area (Å²) in [5.41, 5.74) is 0.840. The zero-order chi connectivity index (χ0) is 16.3. The van der Waals surface area contributed by atoms with Crippen molar-refractivity contribution in [1.82, 2.24) is 19.3 Å². The summed E-state index contributed by atoms with van der Waals surface area (Å²) in [5.74, 6) is 0.493. The molecule has 0 unspecified atom stereocenters. The quantitative estimate of drug-likeness (QED) is 0.709. The fourth-order valence-corrected chi connectivity index (χ4v) is 3.75. The van der Waals surface area contributed by atoms with Crippen LogP contribution in [0.5, 0.6) is 0 Å². The van der Waals surface area contributed by atoms with Gasteiger partial charge in [0.1, 0.15) is 9.90 Å². The van der Waals surface area contributed by atoms with Gasteiger partial charge in [-0.3, -0.25) is 0 Å². The lowest BCUT2D eigenvalue weighted by atomic mass is 10.2. The molecule has 0 radical (unpaired) electrons. The molecule has 0 amide bonds. The Labute approximate surface area is 138 Å². The van der Waals surface area contributed by atoms with E-state index in [-0.39, 0.29) is 11.4 Å². The molecule has 0 fully saturated rings. The van der Waals surface area contributed by atoms with Crippen molar-refractivity contribution in [2.75, 3.05) is 7.05 Å². The summed E-state index contributed by atoms with van der Waals surface area (Å²) in [7, 11) is -2.12. The van der Waals surface area contributed by atoms with Gasteiger partial charge in [-0.15, -0.1) is 11.3 Å². The van der Waals surface area contributed by atoms with Gasteiger partial charge in [-0.1, -0.05) is 30.3 Å². The minimum absolute atomic E-state index is 0.0660. The highest BCUT2D eigenvalue weighted by Crippen LogP contribution is 2.19. The van der Waals surface area contributed by atoms with Crippen LogP contribution in [0.15, 0.2) is 59.2 Å². The Balaban J connectivity index is 1.83. The van der Waals surface area contributed by atoms with E-state index in [2.05, 4.69) is 15.0 Å². The summed E-state index contributed by atoms with van der Waals surface area (Å²) < 4.78 is 26.3. The standard InChI is InChI=1S/C15H14N4O2S2/c1-19(11-14-16-7-8-22-14)23(20,21)13-9-17-15(18-10-13)12-5-3-2-4-6-12/h2-10H,11H2,1H3. The highest BCUT2D eigenvalue weighted by atomic mass is 32.2. The van der Waals surface area contributed by atoms with E-state index < -0.39 is 10.0 Å². The predicted octanol–water partition coefficient (Wildman–Crippen LogP) is 2.42. The van der Waals surface area contributed by atoms with Gasteiger partial charge < -0.3 is 0 Å². The molecule has 0 aliphatic carbocycles. The SMILES string of the molecule is CN(Cc1nccs1)S(=O)(=O)c1cnc(-c2ccccc2)nc1. The number of aromatic nitrogens is 3. The number of nitrogens with zero attached hydrogens (tertiary/aromatic N) is 4. The molecular formula is C15H14N4O2S2. The summed E-state index contributed by atoms with van der Waals surface area (Å²) in [5, 5.41) is 2.55. The lowest BCUT2D eigenvalue weighted by molar-refractivity contribution is 0.465. The van der Waals surface area contributed by atoms with Gasteiger partial charge in [0.2, 0.25) is 10.0 Å². The van der Waals surface area contributed by atoms with Crippen LogP contribution in [0.25, 0.3) is 11.4 Å². The average molecular weight is 346 g/mol. The molecule has 0 spiro atoms. The molecule has 0 saturated heterocycles. The third-order valence-electron chi connectivity index (χ3n) is 3.21. The Kier molecular flexibility index (Phi) is 4.46. The zero-order valence-electron chi connectivity index (χ0n) is 12.3. The zero-order valence-corrected chi connectivity index (χ0v) is 14.0. The smallest absolute Gasteiger partial charge is 0.246 e. The largest absolute Gasteiger partial charge is 0.248 e. The van der Waals surface area contributed by atoms with E-state index in [1.807, 2.05) is 35.7 Å². The molecule has 1 aromatic carbocycles. The van der Waals surface area contributed by atoms with E-state index in [4.69, 9.17) is 0 Å². The molecule has 118 valence electrons. The van der Waals surface area contributed by atoms with Crippen LogP contribution >= 0.6 is 11.3 Å². The predicted molar refractivity (Wildman–Crippen MR) is 88.2 cm³/mol. The number of sulfonamides is 1. The van der Waals surface area contributed by atoms with Gasteiger partial charge in [-0.25, -0.2) is 23.4 Å². The minimum Gasteiger partial charge on any atom is -0.248 e. The molecular weight excluding hydrogens is 332 g/mol. The van der Waals surface area contributed by atoms with Crippen LogP contribution in [0, 0.1) is 0 Å². The van der Waals surface area contributed by atoms with E-state index in [9.17, 15) is 8.42 Å². The fourth-order valence-electron chi connectivity index (χ4n) is 1.97. The number of thiazole rings is 1. The van der Waals surface area contributed by atoms with Crippen LogP contribution in [-0.4, -0.2) is 34.7 Å². The van der Waals surface area contributed by atoms with E-state index in [0.29, 0.717) is 5.82 Å². The monoisotopic (exact) mass is 346 g/mol. The maximum Gasteiger partial charge on any atom is 0.246 e. The molecule has 0 aliphatic rings. The molecule has 3 rings (SSSR count). The van der Waals surface area contributed by atoms with Crippen molar-refractivity contribution in [1.29, 1.82) is 0 Å². The van der Waals surface area contributed by atoms with Crippen LogP contribution in [0.2, 0.25) is 0 Å². The molecule has 0 saturated carbocycles. The molecule has 8 heteroatoms. The van der Waals surface area contributed by atoms with Gasteiger partial charge in [0, 0.05) is 24.2 Å². The minimum atomic E-state index is -3.64. The average Bonchev–Trinajstić information content (AvgIpc) is 3.09. The summed E-state index contributed by atoms with van der Waals surface area (Å²) in [6, 6.07) is 9.41. The van der Waals surface area contributed by atoms with Crippen LogP contribution in [0.4, 0.5) is 0 Å². The van der Waals surface area contributed by atoms with Crippen molar-refractivity contribution >= 4 is 21.4 Å². The van der Waals surface area contributed by atoms with Crippen molar-refractivity contribution in [3.63, 3.8) is 0 Å². The second-order valence-corrected chi connectivity index (χ2v) is 7.82. The molecule has 6 nitrogen and oxygen atoms in total. The van der Waals surface area contributed by atoms with Gasteiger partial charge >= 0.3 is 0 Å². The molecule has 2 heterocycles. The van der Waals surface area contributed by atoms with Crippen LogP contribution in [0.1, 0.15) is 5.01 Å². The van der Waals surface area contributed by atoms with Gasteiger partial charge in [0.25, 0.3) is 0 Å². The lowest BCUT2D eigenvalue weighted by Crippen LogP contribution is -2.26. The van der Waals surface area contributed by atoms with Gasteiger partial charge in [0.05, 0.1) is 18.9 Å². The van der Waals surface area contributed by atoms with Crippen LogP contribution in [0.3, 0.4) is 0 Å². The first-order valence-electron chi connectivity index (χ1n) is 6.79. The maximum atomic E-state index is 12.5. The Bertz CT molecular complexity index is 864. The highest BCUT2D eigenvalue weighted by Gasteiger charge is 2.22. The molecule has 3 aromatic rings. The number of benzene rings is 1. The first-order chi connectivity index (χ1) is 11.1. The second-order valence-electron chi connectivity index (χ2n) is 4.80. The van der Waals surface area contributed by atoms with Crippen molar-refractivity contribution < 1.29 is 8.42 Å². The van der Waals surface area contributed by atoms with Gasteiger partial charge in [0.15, 0.2) is 5.82 Å². The van der Waals surface area contributed by atoms with Gasteiger partial charge in [-0.05, 0) is 0 Å². The third-order valence-corrected chi connectivity index (χ3v) is 5.73. The Hall–Kier alpha value is -2.16. The number of hydrogen-bond acceptors (Lipinski definition) is 6. The number of hydrogen-bond donors (Lipinski definition) is 0. The lowest BCUT2D eigenvalue weighted by Gasteiger charge is -2.15. The molecule has 0 bridgehead atoms. The molecule has 2 aromatic heterocycles. The Morgan fingerprint density at radius 2 is 1.78 bits per heavy atom. The first-order valence-corrected chi connectivity index (χ1v) is 9.11. The van der Waals surface area contributed by atoms with Crippen molar-refractivity contribution in [2.24, 2.45) is 0 Å². The van der Waals surface area contributed by atoms with Crippen molar-refractivity contribution in [3.8, 4) is 11.4 Å². The van der Waals surface area contributed by atoms with Gasteiger partial charge in [-0.2, -0.15) is 4.31 Å². The summed E-state index contributed by atoms with van der Waals surface area (Å²) in [6.07, 6.45) is 4.32. The van der Waals surface area contributed by atoms with Crippen LogP contribution < -0.4 is 0 Å². The van der Waals surface area contributed by atoms with E-state index in [1.54, 1.807) is 6.20 Å². The maximum absolute atomic E-state index is 12.5. The third kappa shape index (κ3) is 3.44. The Morgan fingerprint density at radius 3 is 2.39 bits per heavy atom. The van der Waals surface area contributed by atoms with Crippen molar-refractivity contribution in [3.05, 3.63) is 59.3 Å². The molecule has 23 heavy (non-hydrogen) atoms. The number of rotatable bonds is 5. The van der Waals surface area contributed by atoms with E-state index >= 15 is 0 Å². The fraction of sp³-hybridized carbons (Fsp3) is 0.133. The second kappa shape index (κ2) is 6.53. The topological polar surface area (TPSA) is 76.1 Å². The first kappa shape index (κ1) is 15.7. The van der Waals surface area contributed by atoms with E-state index in [1.165, 1.54) is 35.1 Å². The van der Waals surface area contributed by atoms with E-state index in [0.717, 1.165) is 10.6 Å². The van der Waals surface area contributed by atoms with Crippen LogP contribution in [-0.2, 0) is 16.6 Å². The summed E-state index contributed by atoms with van der Waals surface area (Å²) in [6.45, 7) is 0.223. The van der Waals surface area contributed by atoms with Crippen molar-refractivity contribution in [2.45, 2.75) is 11.4 Å². The Morgan fingerprint density at radius 1 is 1.09 bits per heavy atom. The molecule has 0 aliphatic heterocycles. The molecule has 0 atom stereocenters. The highest BCUT2D eigenvalue weighted by molar-refractivity contribution is 7.89. The molecule has 0 N–H and O–H groups in total. The summed E-state index contributed by atoms with van der Waals surface area (Å²) >= 11 is 1.41.